The molecule has 1 aliphatic rings. The molecule has 9 nitrogen and oxygen atoms in total. The summed E-state index contributed by atoms with van der Waals surface area (Å²) in [5.74, 6) is -1.93. The molecule has 0 saturated carbocycles. The second kappa shape index (κ2) is 8.04. The maximum atomic E-state index is 12.3. The van der Waals surface area contributed by atoms with Gasteiger partial charge in [0.05, 0.1) is 17.3 Å². The molecule has 0 unspecified atom stereocenters. The summed E-state index contributed by atoms with van der Waals surface area (Å²) in [5.41, 5.74) is 0.701. The van der Waals surface area contributed by atoms with E-state index in [1.165, 1.54) is 18.6 Å². The predicted molar refractivity (Wildman–Crippen MR) is 96.9 cm³/mol. The molecule has 0 atom stereocenters. The molecule has 138 valence electrons. The van der Waals surface area contributed by atoms with Gasteiger partial charge >= 0.3 is 0 Å². The highest BCUT2D eigenvalue weighted by molar-refractivity contribution is 9.10. The third-order valence-electron chi connectivity index (χ3n) is 3.76. The Bertz CT molecular complexity index is 919. The first-order valence-corrected chi connectivity index (χ1v) is 8.73. The minimum Gasteiger partial charge on any atom is -0.353 e. The number of halogens is 1. The summed E-state index contributed by atoms with van der Waals surface area (Å²) in [6, 6.07) is 4.75. The number of hydrogen-bond donors (Lipinski definition) is 2. The third kappa shape index (κ3) is 4.17. The highest BCUT2D eigenvalue weighted by atomic mass is 79.9. The summed E-state index contributed by atoms with van der Waals surface area (Å²) in [6.07, 6.45) is 4.18. The first-order chi connectivity index (χ1) is 13.0. The zero-order chi connectivity index (χ0) is 19.4. The Kier molecular flexibility index (Phi) is 5.55. The van der Waals surface area contributed by atoms with Crippen LogP contribution >= 0.6 is 15.9 Å². The van der Waals surface area contributed by atoms with Crippen LogP contribution in [0.5, 0.6) is 0 Å². The van der Waals surface area contributed by atoms with Crippen LogP contribution in [0.2, 0.25) is 0 Å². The lowest BCUT2D eigenvalue weighted by molar-refractivity contribution is -0.121. The van der Waals surface area contributed by atoms with Crippen molar-refractivity contribution < 1.29 is 19.2 Å². The number of nitrogens with zero attached hydrogens (tertiary/aromatic N) is 3. The monoisotopic (exact) mass is 431 g/mol. The fourth-order valence-electron chi connectivity index (χ4n) is 2.49. The van der Waals surface area contributed by atoms with Crippen molar-refractivity contribution in [2.45, 2.75) is 0 Å². The van der Waals surface area contributed by atoms with E-state index in [9.17, 15) is 19.2 Å². The van der Waals surface area contributed by atoms with Crippen molar-refractivity contribution in [1.82, 2.24) is 25.5 Å². The molecule has 1 aliphatic heterocycles. The summed E-state index contributed by atoms with van der Waals surface area (Å²) in [7, 11) is 0. The van der Waals surface area contributed by atoms with Crippen molar-refractivity contribution in [2.75, 3.05) is 19.6 Å². The highest BCUT2D eigenvalue weighted by Gasteiger charge is 2.36. The molecule has 0 saturated heterocycles. The number of aromatic nitrogens is 2. The van der Waals surface area contributed by atoms with Crippen molar-refractivity contribution in [3.05, 3.63) is 58.1 Å². The molecule has 27 heavy (non-hydrogen) atoms. The molecule has 1 aromatic heterocycles. The standard InChI is InChI=1S/C17H14BrN5O4/c18-10-1-2-11-12(7-10)17(27)23(16(11)26)9-14(24)21-5-6-22-15(25)13-8-19-3-4-20-13/h1-4,7-8H,5-6,9H2,(H,21,24)(H,22,25). The van der Waals surface area contributed by atoms with E-state index in [0.29, 0.717) is 4.47 Å². The largest absolute Gasteiger partial charge is 0.353 e. The fraction of sp³-hybridized carbons (Fsp3) is 0.176. The number of carbonyl (C=O) groups excluding carboxylic acids is 4. The Hall–Kier alpha value is -3.14. The van der Waals surface area contributed by atoms with Crippen LogP contribution in [0.3, 0.4) is 0 Å². The molecular formula is C17H14BrN5O4. The second-order valence-corrected chi connectivity index (χ2v) is 6.50. The number of hydrogen-bond acceptors (Lipinski definition) is 6. The second-order valence-electron chi connectivity index (χ2n) is 5.58. The molecule has 0 bridgehead atoms. The van der Waals surface area contributed by atoms with E-state index in [4.69, 9.17) is 0 Å². The first kappa shape index (κ1) is 18.6. The number of carbonyl (C=O) groups is 4. The highest BCUT2D eigenvalue weighted by Crippen LogP contribution is 2.25. The van der Waals surface area contributed by atoms with E-state index in [1.807, 2.05) is 0 Å². The maximum absolute atomic E-state index is 12.3. The van der Waals surface area contributed by atoms with Crippen LogP contribution in [0.25, 0.3) is 0 Å². The molecular weight excluding hydrogens is 418 g/mol. The van der Waals surface area contributed by atoms with Gasteiger partial charge in [0.15, 0.2) is 0 Å². The van der Waals surface area contributed by atoms with Crippen molar-refractivity contribution >= 4 is 39.6 Å². The Balaban J connectivity index is 1.47. The van der Waals surface area contributed by atoms with Gasteiger partial charge in [0.2, 0.25) is 5.91 Å². The average Bonchev–Trinajstić information content (AvgIpc) is 2.90. The first-order valence-electron chi connectivity index (χ1n) is 7.94. The van der Waals surface area contributed by atoms with Crippen LogP contribution < -0.4 is 10.6 Å². The van der Waals surface area contributed by atoms with Crippen LogP contribution in [0.15, 0.2) is 41.3 Å². The summed E-state index contributed by atoms with van der Waals surface area (Å²) in [4.78, 5) is 56.9. The molecule has 3 rings (SSSR count). The van der Waals surface area contributed by atoms with Crippen LogP contribution in [0.4, 0.5) is 0 Å². The van der Waals surface area contributed by atoms with Gasteiger partial charge in [-0.2, -0.15) is 0 Å². The number of benzene rings is 1. The smallest absolute Gasteiger partial charge is 0.271 e. The van der Waals surface area contributed by atoms with Crippen molar-refractivity contribution in [1.29, 1.82) is 0 Å². The molecule has 0 spiro atoms. The van der Waals surface area contributed by atoms with Gasteiger partial charge in [-0.25, -0.2) is 4.98 Å². The van der Waals surface area contributed by atoms with E-state index in [2.05, 4.69) is 36.5 Å². The summed E-state index contributed by atoms with van der Waals surface area (Å²) in [6.45, 7) is -0.0855. The van der Waals surface area contributed by atoms with Crippen molar-refractivity contribution in [3.8, 4) is 0 Å². The van der Waals surface area contributed by atoms with Gasteiger partial charge in [0.1, 0.15) is 12.2 Å². The molecule has 10 heteroatoms. The lowest BCUT2D eigenvalue weighted by Gasteiger charge is -2.13. The summed E-state index contributed by atoms with van der Waals surface area (Å²) in [5, 5.41) is 5.13. The number of imide groups is 1. The van der Waals surface area contributed by atoms with Crippen LogP contribution in [0, 0.1) is 0 Å². The van der Waals surface area contributed by atoms with Gasteiger partial charge in [-0.1, -0.05) is 15.9 Å². The average molecular weight is 432 g/mol. The minimum atomic E-state index is -0.512. The van der Waals surface area contributed by atoms with Crippen LogP contribution in [-0.4, -0.2) is 58.1 Å². The number of amides is 4. The number of nitrogens with one attached hydrogen (secondary N) is 2. The Morgan fingerprint density at radius 3 is 2.52 bits per heavy atom. The lowest BCUT2D eigenvalue weighted by Crippen LogP contribution is -2.42. The topological polar surface area (TPSA) is 121 Å². The summed E-state index contributed by atoms with van der Waals surface area (Å²) >= 11 is 3.25. The van der Waals surface area contributed by atoms with E-state index in [0.717, 1.165) is 4.90 Å². The molecule has 4 amide bonds. The zero-order valence-corrected chi connectivity index (χ0v) is 15.5. The predicted octanol–water partition coefficient (Wildman–Crippen LogP) is 0.381. The van der Waals surface area contributed by atoms with Gasteiger partial charge in [-0.15, -0.1) is 0 Å². The molecule has 1 aromatic carbocycles. The van der Waals surface area contributed by atoms with Gasteiger partial charge in [0, 0.05) is 30.0 Å². The lowest BCUT2D eigenvalue weighted by atomic mass is 10.1. The number of fused-ring (bicyclic) bond motifs is 1. The van der Waals surface area contributed by atoms with E-state index in [1.54, 1.807) is 18.2 Å². The van der Waals surface area contributed by atoms with Gasteiger partial charge in [0.25, 0.3) is 17.7 Å². The Labute approximate surface area is 162 Å². The van der Waals surface area contributed by atoms with Crippen LogP contribution in [0.1, 0.15) is 31.2 Å². The van der Waals surface area contributed by atoms with Gasteiger partial charge in [-0.3, -0.25) is 29.1 Å². The Morgan fingerprint density at radius 2 is 1.78 bits per heavy atom. The minimum absolute atomic E-state index is 0.138. The summed E-state index contributed by atoms with van der Waals surface area (Å²) < 4.78 is 0.674. The SMILES string of the molecule is O=C(CN1C(=O)c2ccc(Br)cc2C1=O)NCCNC(=O)c1cnccn1. The Morgan fingerprint density at radius 1 is 1.04 bits per heavy atom. The van der Waals surface area contributed by atoms with Crippen LogP contribution in [-0.2, 0) is 4.79 Å². The molecule has 2 aromatic rings. The maximum Gasteiger partial charge on any atom is 0.271 e. The van der Waals surface area contributed by atoms with Crippen molar-refractivity contribution in [2.24, 2.45) is 0 Å². The van der Waals surface area contributed by atoms with E-state index < -0.39 is 23.6 Å². The fourth-order valence-corrected chi connectivity index (χ4v) is 2.85. The van der Waals surface area contributed by atoms with Gasteiger partial charge < -0.3 is 10.6 Å². The molecule has 0 radical (unpaired) electrons. The van der Waals surface area contributed by atoms with E-state index >= 15 is 0 Å². The quantitative estimate of drug-likeness (QED) is 0.503. The van der Waals surface area contributed by atoms with Gasteiger partial charge in [-0.05, 0) is 18.2 Å². The number of rotatable bonds is 6. The molecule has 2 N–H and O–H groups in total. The van der Waals surface area contributed by atoms with E-state index in [-0.39, 0.29) is 36.5 Å². The normalized spacial score (nSPS) is 12.7. The molecule has 2 heterocycles. The van der Waals surface area contributed by atoms with Crippen molar-refractivity contribution in [3.63, 3.8) is 0 Å². The zero-order valence-electron chi connectivity index (χ0n) is 13.9. The molecule has 0 fully saturated rings. The molecule has 0 aliphatic carbocycles. The third-order valence-corrected chi connectivity index (χ3v) is 4.26.